The number of hydrogen-bond acceptors (Lipinski definition) is 7. The molecule has 1 amide bonds. The van der Waals surface area contributed by atoms with E-state index in [1.54, 1.807) is 4.90 Å². The molecule has 0 aliphatic carbocycles. The number of fused-ring (bicyclic) bond motifs is 1. The quantitative estimate of drug-likeness (QED) is 0.437. The van der Waals surface area contributed by atoms with Gasteiger partial charge in [-0.1, -0.05) is 11.6 Å². The number of aliphatic carboxylic acids is 1. The van der Waals surface area contributed by atoms with Crippen molar-refractivity contribution in [3.63, 3.8) is 0 Å². The second-order valence-corrected chi connectivity index (χ2v) is 9.44. The van der Waals surface area contributed by atoms with Gasteiger partial charge in [-0.2, -0.15) is 0 Å². The van der Waals surface area contributed by atoms with Crippen molar-refractivity contribution in [3.8, 4) is 5.75 Å². The molecule has 1 saturated heterocycles. The minimum absolute atomic E-state index is 0.00602. The normalized spacial score (nSPS) is 21.1. The van der Waals surface area contributed by atoms with Crippen molar-refractivity contribution in [1.82, 2.24) is 0 Å². The van der Waals surface area contributed by atoms with Gasteiger partial charge in [0, 0.05) is 30.0 Å². The van der Waals surface area contributed by atoms with Crippen molar-refractivity contribution in [2.45, 2.75) is 43.8 Å². The highest BCUT2D eigenvalue weighted by Crippen LogP contribution is 2.36. The van der Waals surface area contributed by atoms with Gasteiger partial charge in [0.1, 0.15) is 29.6 Å². The van der Waals surface area contributed by atoms with Gasteiger partial charge in [-0.05, 0) is 36.8 Å². The number of carboxylic acids is 1. The van der Waals surface area contributed by atoms with Crippen LogP contribution >= 0.6 is 11.6 Å². The van der Waals surface area contributed by atoms with E-state index in [-0.39, 0.29) is 67.0 Å². The first-order valence-corrected chi connectivity index (χ1v) is 12.0. The predicted octanol–water partition coefficient (Wildman–Crippen LogP) is 3.30. The Labute approximate surface area is 215 Å². The molecule has 2 aromatic rings. The number of amides is 1. The molecule has 198 valence electrons. The second kappa shape index (κ2) is 10.9. The summed E-state index contributed by atoms with van der Waals surface area (Å²) in [6.07, 6.45) is -1.68. The van der Waals surface area contributed by atoms with E-state index in [2.05, 4.69) is 5.32 Å². The van der Waals surface area contributed by atoms with Crippen molar-refractivity contribution >= 4 is 40.8 Å². The van der Waals surface area contributed by atoms with E-state index >= 15 is 0 Å². The molecule has 2 heterocycles. The van der Waals surface area contributed by atoms with Crippen LogP contribution in [0.15, 0.2) is 30.3 Å². The van der Waals surface area contributed by atoms with Crippen LogP contribution in [0.5, 0.6) is 5.75 Å². The Bertz CT molecular complexity index is 1230. The fourth-order valence-corrected chi connectivity index (χ4v) is 4.57. The van der Waals surface area contributed by atoms with Gasteiger partial charge in [0.05, 0.1) is 30.8 Å². The standard InChI is InChI=1S/C25H25ClF2N2O7/c26-14-1-4-18(17(28)11-14)30-10-9-25(35,20(12-30)37-23(34)8-7-22(32)33)13-36-19-5-3-16(27)24-15(19)2-6-21(31)29-24/h1,3-5,11,20,35H,2,6-10,12-13H2,(H,29,31)(H,32,33)/t20-,25-/m1/s1. The number of carbonyl (C=O) groups is 3. The lowest BCUT2D eigenvalue weighted by Gasteiger charge is -2.44. The van der Waals surface area contributed by atoms with Gasteiger partial charge >= 0.3 is 11.9 Å². The van der Waals surface area contributed by atoms with Gasteiger partial charge in [0.2, 0.25) is 5.91 Å². The zero-order chi connectivity index (χ0) is 26.7. The van der Waals surface area contributed by atoms with Gasteiger partial charge in [0.25, 0.3) is 0 Å². The first-order chi connectivity index (χ1) is 17.6. The number of carbonyl (C=O) groups excluding carboxylic acids is 2. The molecule has 0 saturated carbocycles. The van der Waals surface area contributed by atoms with Crippen LogP contribution in [0.2, 0.25) is 5.02 Å². The summed E-state index contributed by atoms with van der Waals surface area (Å²) in [6.45, 7) is -0.277. The third-order valence-electron chi connectivity index (χ3n) is 6.43. The Morgan fingerprint density at radius 1 is 1.16 bits per heavy atom. The molecule has 0 aromatic heterocycles. The van der Waals surface area contributed by atoms with Crippen molar-refractivity contribution < 1.29 is 42.9 Å². The number of halogens is 3. The SMILES string of the molecule is O=C(O)CCC(=O)O[C@@H]1CN(c2ccc(Cl)cc2F)CC[C@@]1(O)COc1ccc(F)c2c1CCC(=O)N2. The van der Waals surface area contributed by atoms with E-state index in [0.717, 1.165) is 12.1 Å². The highest BCUT2D eigenvalue weighted by atomic mass is 35.5. The van der Waals surface area contributed by atoms with E-state index in [0.29, 0.717) is 5.56 Å². The summed E-state index contributed by atoms with van der Waals surface area (Å²) in [7, 11) is 0. The summed E-state index contributed by atoms with van der Waals surface area (Å²) >= 11 is 5.85. The fraction of sp³-hybridized carbons (Fsp3) is 0.400. The molecule has 12 heteroatoms. The largest absolute Gasteiger partial charge is 0.490 e. The molecule has 2 atom stereocenters. The summed E-state index contributed by atoms with van der Waals surface area (Å²) in [5.41, 5.74) is -1.07. The molecule has 0 unspecified atom stereocenters. The Hall–Kier alpha value is -3.44. The summed E-state index contributed by atoms with van der Waals surface area (Å²) in [6, 6.07) is 6.65. The van der Waals surface area contributed by atoms with Gasteiger partial charge in [-0.3, -0.25) is 14.4 Å². The van der Waals surface area contributed by atoms with E-state index in [1.807, 2.05) is 0 Å². The van der Waals surface area contributed by atoms with Gasteiger partial charge in [-0.15, -0.1) is 0 Å². The molecule has 9 nitrogen and oxygen atoms in total. The highest BCUT2D eigenvalue weighted by molar-refractivity contribution is 6.30. The first-order valence-electron chi connectivity index (χ1n) is 11.6. The smallest absolute Gasteiger partial charge is 0.306 e. The average Bonchev–Trinajstić information content (AvgIpc) is 2.84. The number of esters is 1. The topological polar surface area (TPSA) is 125 Å². The highest BCUT2D eigenvalue weighted by Gasteiger charge is 2.45. The molecule has 0 spiro atoms. The van der Waals surface area contributed by atoms with Crippen LogP contribution in [0.1, 0.15) is 31.2 Å². The number of piperidine rings is 1. The molecular formula is C25H25ClF2N2O7. The maximum absolute atomic E-state index is 14.6. The first kappa shape index (κ1) is 26.6. The van der Waals surface area contributed by atoms with Crippen LogP contribution < -0.4 is 15.0 Å². The molecule has 2 aliphatic heterocycles. The molecule has 0 bridgehead atoms. The Balaban J connectivity index is 1.55. The maximum atomic E-state index is 14.6. The number of rotatable bonds is 8. The van der Waals surface area contributed by atoms with Gasteiger partial charge in [-0.25, -0.2) is 8.78 Å². The number of nitrogens with zero attached hydrogens (tertiary/aromatic N) is 1. The molecule has 1 fully saturated rings. The predicted molar refractivity (Wildman–Crippen MR) is 129 cm³/mol. The van der Waals surface area contributed by atoms with E-state index in [4.69, 9.17) is 26.2 Å². The monoisotopic (exact) mass is 538 g/mol. The molecule has 4 rings (SSSR count). The van der Waals surface area contributed by atoms with Crippen molar-refractivity contribution in [2.75, 3.05) is 29.9 Å². The van der Waals surface area contributed by atoms with Crippen molar-refractivity contribution in [2.24, 2.45) is 0 Å². The molecule has 0 radical (unpaired) electrons. The number of benzene rings is 2. The van der Waals surface area contributed by atoms with Crippen LogP contribution in [0.25, 0.3) is 0 Å². The van der Waals surface area contributed by atoms with Crippen LogP contribution in [0.4, 0.5) is 20.2 Å². The fourth-order valence-electron chi connectivity index (χ4n) is 4.41. The third kappa shape index (κ3) is 6.11. The number of hydrogen-bond donors (Lipinski definition) is 3. The number of anilines is 2. The lowest BCUT2D eigenvalue weighted by Crippen LogP contribution is -2.60. The lowest BCUT2D eigenvalue weighted by molar-refractivity contribution is -0.173. The zero-order valence-corrected chi connectivity index (χ0v) is 20.4. The molecule has 3 N–H and O–H groups in total. The van der Waals surface area contributed by atoms with Crippen LogP contribution in [-0.4, -0.2) is 59.5 Å². The molecular weight excluding hydrogens is 514 g/mol. The van der Waals surface area contributed by atoms with Gasteiger partial charge < -0.3 is 29.9 Å². The van der Waals surface area contributed by atoms with Crippen molar-refractivity contribution in [1.29, 1.82) is 0 Å². The number of carboxylic acid groups (broad SMARTS) is 1. The zero-order valence-electron chi connectivity index (χ0n) is 19.6. The van der Waals surface area contributed by atoms with E-state index < -0.39 is 48.1 Å². The average molecular weight is 539 g/mol. The summed E-state index contributed by atoms with van der Waals surface area (Å²) in [5, 5.41) is 23.0. The second-order valence-electron chi connectivity index (χ2n) is 9.00. The molecule has 2 aromatic carbocycles. The minimum atomic E-state index is -1.72. The molecule has 37 heavy (non-hydrogen) atoms. The molecule has 2 aliphatic rings. The van der Waals surface area contributed by atoms with E-state index in [1.165, 1.54) is 18.2 Å². The number of nitrogens with one attached hydrogen (secondary N) is 1. The van der Waals surface area contributed by atoms with Crippen molar-refractivity contribution in [3.05, 3.63) is 52.6 Å². The van der Waals surface area contributed by atoms with Crippen LogP contribution in [-0.2, 0) is 25.5 Å². The van der Waals surface area contributed by atoms with E-state index in [9.17, 15) is 28.3 Å². The van der Waals surface area contributed by atoms with Crippen LogP contribution in [0, 0.1) is 11.6 Å². The van der Waals surface area contributed by atoms with Gasteiger partial charge in [0.15, 0.2) is 6.10 Å². The Morgan fingerprint density at radius 3 is 2.68 bits per heavy atom. The van der Waals surface area contributed by atoms with Crippen LogP contribution in [0.3, 0.4) is 0 Å². The Morgan fingerprint density at radius 2 is 1.95 bits per heavy atom. The summed E-state index contributed by atoms with van der Waals surface area (Å²) in [5.74, 6) is -3.30. The lowest BCUT2D eigenvalue weighted by atomic mass is 9.88. The maximum Gasteiger partial charge on any atom is 0.306 e. The summed E-state index contributed by atoms with van der Waals surface area (Å²) < 4.78 is 40.1. The Kier molecular flexibility index (Phi) is 7.84. The number of ether oxygens (including phenoxy) is 2. The summed E-state index contributed by atoms with van der Waals surface area (Å²) in [4.78, 5) is 36.5. The number of aliphatic hydroxyl groups is 1. The minimum Gasteiger partial charge on any atom is -0.490 e. The third-order valence-corrected chi connectivity index (χ3v) is 6.67.